The fourth-order valence-electron chi connectivity index (χ4n) is 1.78. The molecule has 3 aromatic rings. The molecule has 4 nitrogen and oxygen atoms in total. The van der Waals surface area contributed by atoms with Gasteiger partial charge in [0.25, 0.3) is 5.91 Å². The molecular weight excluding hydrogens is 308 g/mol. The molecule has 0 aliphatic heterocycles. The molecule has 0 saturated carbocycles. The predicted molar refractivity (Wildman–Crippen MR) is 84.0 cm³/mol. The van der Waals surface area contributed by atoms with E-state index >= 15 is 0 Å². The van der Waals surface area contributed by atoms with Crippen LogP contribution in [0.1, 0.15) is 16.1 Å². The molecule has 6 heteroatoms. The van der Waals surface area contributed by atoms with E-state index < -0.39 is 0 Å². The monoisotopic (exact) mass is 318 g/mol. The molecule has 1 N–H and O–H groups in total. The maximum atomic E-state index is 11.9. The van der Waals surface area contributed by atoms with Crippen LogP contribution in [0.25, 0.3) is 11.3 Å². The van der Waals surface area contributed by atoms with Crippen molar-refractivity contribution >= 4 is 34.0 Å². The number of nitrogens with zero attached hydrogens (tertiary/aromatic N) is 1. The summed E-state index contributed by atoms with van der Waals surface area (Å²) in [6.45, 7) is 2.03. The molecule has 0 aliphatic carbocycles. The van der Waals surface area contributed by atoms with E-state index in [-0.39, 0.29) is 16.9 Å². The minimum atomic E-state index is -0.369. The zero-order valence-electron chi connectivity index (χ0n) is 11.1. The van der Waals surface area contributed by atoms with Crippen LogP contribution < -0.4 is 5.32 Å². The van der Waals surface area contributed by atoms with Crippen molar-refractivity contribution in [3.63, 3.8) is 0 Å². The summed E-state index contributed by atoms with van der Waals surface area (Å²) in [6, 6.07) is 11.1. The molecule has 0 radical (unpaired) electrons. The van der Waals surface area contributed by atoms with Crippen LogP contribution in [-0.4, -0.2) is 10.9 Å². The van der Waals surface area contributed by atoms with E-state index in [2.05, 4.69) is 10.3 Å². The number of hydrogen-bond acceptors (Lipinski definition) is 4. The van der Waals surface area contributed by atoms with Gasteiger partial charge in [-0.3, -0.25) is 10.1 Å². The third-order valence-corrected chi connectivity index (χ3v) is 3.83. The Morgan fingerprint density at radius 3 is 2.67 bits per heavy atom. The Morgan fingerprint density at radius 2 is 2.00 bits per heavy atom. The first-order valence-corrected chi connectivity index (χ1v) is 7.47. The van der Waals surface area contributed by atoms with Crippen molar-refractivity contribution in [2.24, 2.45) is 0 Å². The third kappa shape index (κ3) is 3.15. The van der Waals surface area contributed by atoms with Crippen molar-refractivity contribution in [3.05, 3.63) is 58.3 Å². The molecule has 0 spiro atoms. The van der Waals surface area contributed by atoms with Gasteiger partial charge in [0, 0.05) is 10.9 Å². The van der Waals surface area contributed by atoms with Crippen molar-refractivity contribution in [1.29, 1.82) is 0 Å². The SMILES string of the molecule is Cc1ccc(-c2csc(NC(=O)c3ccc(Cl)o3)n2)cc1. The van der Waals surface area contributed by atoms with Gasteiger partial charge in [-0.25, -0.2) is 4.98 Å². The summed E-state index contributed by atoms with van der Waals surface area (Å²) in [4.78, 5) is 16.3. The van der Waals surface area contributed by atoms with E-state index in [0.29, 0.717) is 5.13 Å². The highest BCUT2D eigenvalue weighted by atomic mass is 35.5. The van der Waals surface area contributed by atoms with Crippen LogP contribution >= 0.6 is 22.9 Å². The molecule has 1 aromatic carbocycles. The first kappa shape index (κ1) is 13.9. The second kappa shape index (κ2) is 5.71. The van der Waals surface area contributed by atoms with Crippen LogP contribution in [0.15, 0.2) is 46.2 Å². The Hall–Kier alpha value is -2.11. The minimum Gasteiger partial charge on any atom is -0.440 e. The van der Waals surface area contributed by atoms with E-state index in [1.54, 1.807) is 0 Å². The first-order chi connectivity index (χ1) is 10.1. The van der Waals surface area contributed by atoms with Crippen molar-refractivity contribution in [1.82, 2.24) is 4.98 Å². The molecule has 1 amide bonds. The van der Waals surface area contributed by atoms with Gasteiger partial charge in [-0.15, -0.1) is 11.3 Å². The number of carbonyl (C=O) groups excluding carboxylic acids is 1. The van der Waals surface area contributed by atoms with Gasteiger partial charge >= 0.3 is 0 Å². The van der Waals surface area contributed by atoms with Gasteiger partial charge in [0.15, 0.2) is 16.1 Å². The van der Waals surface area contributed by atoms with Crippen LogP contribution in [0, 0.1) is 6.92 Å². The number of thiazole rings is 1. The predicted octanol–water partition coefficient (Wildman–Crippen LogP) is 4.62. The Bertz CT molecular complexity index is 777. The van der Waals surface area contributed by atoms with Crippen LogP contribution in [0.4, 0.5) is 5.13 Å². The maximum absolute atomic E-state index is 11.9. The number of benzene rings is 1. The van der Waals surface area contributed by atoms with Gasteiger partial charge in [-0.1, -0.05) is 29.8 Å². The minimum absolute atomic E-state index is 0.159. The molecule has 106 valence electrons. The van der Waals surface area contributed by atoms with E-state index in [9.17, 15) is 4.79 Å². The van der Waals surface area contributed by atoms with E-state index in [1.165, 1.54) is 29.0 Å². The molecule has 21 heavy (non-hydrogen) atoms. The molecule has 0 bridgehead atoms. The van der Waals surface area contributed by atoms with Crippen LogP contribution in [0.5, 0.6) is 0 Å². The van der Waals surface area contributed by atoms with Crippen LogP contribution in [0.2, 0.25) is 5.22 Å². The van der Waals surface area contributed by atoms with Gasteiger partial charge in [0.1, 0.15) is 0 Å². The Kier molecular flexibility index (Phi) is 3.77. The molecule has 2 aromatic heterocycles. The number of nitrogens with one attached hydrogen (secondary N) is 1. The smallest absolute Gasteiger partial charge is 0.293 e. The van der Waals surface area contributed by atoms with Gasteiger partial charge in [0.2, 0.25) is 0 Å². The highest BCUT2D eigenvalue weighted by molar-refractivity contribution is 7.14. The highest BCUT2D eigenvalue weighted by Crippen LogP contribution is 2.25. The Balaban J connectivity index is 1.76. The van der Waals surface area contributed by atoms with Crippen molar-refractivity contribution in [3.8, 4) is 11.3 Å². The molecule has 2 heterocycles. The molecule has 0 aliphatic rings. The zero-order valence-corrected chi connectivity index (χ0v) is 12.7. The van der Waals surface area contributed by atoms with E-state index in [0.717, 1.165) is 11.3 Å². The first-order valence-electron chi connectivity index (χ1n) is 6.21. The van der Waals surface area contributed by atoms with Crippen LogP contribution in [-0.2, 0) is 0 Å². The Labute approximate surface area is 130 Å². The fourth-order valence-corrected chi connectivity index (χ4v) is 2.64. The molecule has 0 saturated heterocycles. The lowest BCUT2D eigenvalue weighted by Gasteiger charge is -1.98. The number of aromatic nitrogens is 1. The molecular formula is C15H11ClN2O2S. The summed E-state index contributed by atoms with van der Waals surface area (Å²) in [5.41, 5.74) is 3.03. The summed E-state index contributed by atoms with van der Waals surface area (Å²) in [5.74, 6) is -0.209. The number of amides is 1. The topological polar surface area (TPSA) is 55.1 Å². The number of rotatable bonds is 3. The second-order valence-electron chi connectivity index (χ2n) is 4.46. The standard InChI is InChI=1S/C15H11ClN2O2S/c1-9-2-4-10(5-3-9)11-8-21-15(17-11)18-14(19)12-6-7-13(16)20-12/h2-8H,1H3,(H,17,18,19). The molecule has 0 fully saturated rings. The van der Waals surface area contributed by atoms with E-state index in [4.69, 9.17) is 16.0 Å². The van der Waals surface area contributed by atoms with Gasteiger partial charge < -0.3 is 4.42 Å². The number of furan rings is 1. The summed E-state index contributed by atoms with van der Waals surface area (Å²) >= 11 is 7.01. The Morgan fingerprint density at radius 1 is 1.24 bits per heavy atom. The zero-order chi connectivity index (χ0) is 14.8. The van der Waals surface area contributed by atoms with Crippen LogP contribution in [0.3, 0.4) is 0 Å². The number of carbonyl (C=O) groups is 1. The largest absolute Gasteiger partial charge is 0.440 e. The van der Waals surface area contributed by atoms with E-state index in [1.807, 2.05) is 36.6 Å². The van der Waals surface area contributed by atoms with Gasteiger partial charge in [-0.05, 0) is 30.7 Å². The number of hydrogen-bond donors (Lipinski definition) is 1. The fraction of sp³-hybridized carbons (Fsp3) is 0.0667. The normalized spacial score (nSPS) is 10.6. The van der Waals surface area contributed by atoms with Gasteiger partial charge in [0.05, 0.1) is 5.69 Å². The number of aryl methyl sites for hydroxylation is 1. The summed E-state index contributed by atoms with van der Waals surface area (Å²) < 4.78 is 5.05. The molecule has 0 atom stereocenters. The lowest BCUT2D eigenvalue weighted by atomic mass is 10.1. The average molecular weight is 319 g/mol. The summed E-state index contributed by atoms with van der Waals surface area (Å²) in [7, 11) is 0. The number of halogens is 1. The second-order valence-corrected chi connectivity index (χ2v) is 5.69. The quantitative estimate of drug-likeness (QED) is 0.766. The highest BCUT2D eigenvalue weighted by Gasteiger charge is 2.13. The van der Waals surface area contributed by atoms with Crippen molar-refractivity contribution in [2.75, 3.05) is 5.32 Å². The summed E-state index contributed by atoms with van der Waals surface area (Å²) in [6.07, 6.45) is 0. The van der Waals surface area contributed by atoms with Gasteiger partial charge in [-0.2, -0.15) is 0 Å². The lowest BCUT2D eigenvalue weighted by molar-refractivity contribution is 0.0997. The number of anilines is 1. The molecule has 3 rings (SSSR count). The average Bonchev–Trinajstić information content (AvgIpc) is 3.09. The lowest BCUT2D eigenvalue weighted by Crippen LogP contribution is -2.10. The molecule has 0 unspecified atom stereocenters. The van der Waals surface area contributed by atoms with Crippen molar-refractivity contribution in [2.45, 2.75) is 6.92 Å². The maximum Gasteiger partial charge on any atom is 0.293 e. The van der Waals surface area contributed by atoms with Crippen molar-refractivity contribution < 1.29 is 9.21 Å². The summed E-state index contributed by atoms with van der Waals surface area (Å²) in [5, 5.41) is 5.28. The third-order valence-electron chi connectivity index (χ3n) is 2.87.